The van der Waals surface area contributed by atoms with E-state index in [0.29, 0.717) is 0 Å². The van der Waals surface area contributed by atoms with Crippen molar-refractivity contribution in [3.8, 4) is 27.9 Å². The molecule has 12 rings (SSSR count). The van der Waals surface area contributed by atoms with E-state index in [4.69, 9.17) is 4.42 Å². The number of hydrogen-bond donors (Lipinski definition) is 1. The SMILES string of the molecule is CC(C)(C)c1ccc(Nc2cc3c(cc2-c2c4c5c(c6cc(C(C)(C)C)ccc6n5-c5c(oc6ccc(C(C)(C)C)cc56)[B]4)c4sc5ccccc5c24)-c2ccccc2C3(C)C)cc1. The van der Waals surface area contributed by atoms with Crippen LogP contribution in [-0.2, 0) is 21.7 Å². The van der Waals surface area contributed by atoms with Crippen LogP contribution in [0.25, 0.3) is 80.9 Å². The van der Waals surface area contributed by atoms with Gasteiger partial charge >= 0.3 is 0 Å². The van der Waals surface area contributed by atoms with Gasteiger partial charge in [0.2, 0.25) is 7.28 Å². The summed E-state index contributed by atoms with van der Waals surface area (Å²) in [5, 5.41) is 10.4. The first-order valence-corrected chi connectivity index (χ1v) is 23.7. The third-order valence-corrected chi connectivity index (χ3v) is 15.7. The molecule has 1 radical (unpaired) electrons. The van der Waals surface area contributed by atoms with Crippen molar-refractivity contribution in [2.24, 2.45) is 0 Å². The van der Waals surface area contributed by atoms with Crippen LogP contribution in [0.2, 0.25) is 0 Å². The Kier molecular flexibility index (Phi) is 8.06. The number of anilines is 2. The van der Waals surface area contributed by atoms with Gasteiger partial charge < -0.3 is 14.3 Å². The molecule has 0 fully saturated rings. The summed E-state index contributed by atoms with van der Waals surface area (Å²) in [5.41, 5.74) is 20.3. The minimum absolute atomic E-state index is 0.0159. The molecule has 10 aromatic rings. The molecule has 0 amide bonds. The van der Waals surface area contributed by atoms with Crippen LogP contribution in [0.15, 0.2) is 126 Å². The Hall–Kier alpha value is -6.04. The maximum atomic E-state index is 7.04. The lowest BCUT2D eigenvalue weighted by atomic mass is 9.61. The van der Waals surface area contributed by atoms with E-state index in [2.05, 4.69) is 215 Å². The molecular weight excluding hydrogens is 796 g/mol. The van der Waals surface area contributed by atoms with Crippen LogP contribution in [0.5, 0.6) is 0 Å². The van der Waals surface area contributed by atoms with Gasteiger partial charge in [0.15, 0.2) is 0 Å². The average Bonchev–Trinajstić information content (AvgIpc) is 3.97. The molecule has 3 aromatic heterocycles. The van der Waals surface area contributed by atoms with E-state index in [-0.39, 0.29) is 21.7 Å². The molecule has 0 bridgehead atoms. The van der Waals surface area contributed by atoms with Gasteiger partial charge in [0.05, 0.1) is 22.4 Å². The van der Waals surface area contributed by atoms with Crippen molar-refractivity contribution in [2.75, 3.05) is 5.32 Å². The van der Waals surface area contributed by atoms with Gasteiger partial charge in [-0.3, -0.25) is 0 Å². The lowest BCUT2D eigenvalue weighted by molar-refractivity contribution is 0.590. The maximum Gasteiger partial charge on any atom is 0.247 e. The van der Waals surface area contributed by atoms with Crippen LogP contribution in [0.1, 0.15) is 104 Å². The number of thiophene rings is 1. The third kappa shape index (κ3) is 5.59. The zero-order valence-electron chi connectivity index (χ0n) is 38.9. The van der Waals surface area contributed by atoms with E-state index in [9.17, 15) is 0 Å². The molecule has 1 aliphatic carbocycles. The Morgan fingerprint density at radius 3 is 1.98 bits per heavy atom. The van der Waals surface area contributed by atoms with E-state index in [0.717, 1.165) is 33.7 Å². The summed E-state index contributed by atoms with van der Waals surface area (Å²) in [4.78, 5) is 0. The highest BCUT2D eigenvalue weighted by Gasteiger charge is 2.39. The van der Waals surface area contributed by atoms with Crippen molar-refractivity contribution < 1.29 is 4.42 Å². The molecule has 0 spiro atoms. The molecule has 5 heteroatoms. The lowest BCUT2D eigenvalue weighted by Crippen LogP contribution is -2.36. The van der Waals surface area contributed by atoms with Crippen LogP contribution in [0, 0.1) is 0 Å². The number of benzene rings is 7. The highest BCUT2D eigenvalue weighted by Crippen LogP contribution is 2.54. The predicted molar refractivity (Wildman–Crippen MR) is 277 cm³/mol. The number of rotatable bonds is 3. The molecule has 7 aromatic carbocycles. The summed E-state index contributed by atoms with van der Waals surface area (Å²) >= 11 is 1.93. The summed E-state index contributed by atoms with van der Waals surface area (Å²) < 4.78 is 12.2. The Labute approximate surface area is 381 Å². The van der Waals surface area contributed by atoms with Crippen molar-refractivity contribution in [3.05, 3.63) is 149 Å². The van der Waals surface area contributed by atoms with Crippen molar-refractivity contribution in [3.63, 3.8) is 0 Å². The summed E-state index contributed by atoms with van der Waals surface area (Å²) in [7, 11) is 2.38. The van der Waals surface area contributed by atoms with Crippen LogP contribution in [-0.4, -0.2) is 11.8 Å². The fourth-order valence-electron chi connectivity index (χ4n) is 10.9. The zero-order valence-corrected chi connectivity index (χ0v) is 39.7. The molecule has 1 aliphatic heterocycles. The number of furan rings is 1. The maximum absolute atomic E-state index is 7.04. The number of nitrogens with zero attached hydrogens (tertiary/aromatic N) is 1. The minimum atomic E-state index is -0.169. The molecule has 3 nitrogen and oxygen atoms in total. The second-order valence-corrected chi connectivity index (χ2v) is 23.2. The highest BCUT2D eigenvalue weighted by molar-refractivity contribution is 7.27. The Bertz CT molecular complexity index is 3630. The largest absolute Gasteiger partial charge is 0.469 e. The van der Waals surface area contributed by atoms with E-state index < -0.39 is 0 Å². The van der Waals surface area contributed by atoms with Gasteiger partial charge in [-0.25, -0.2) is 0 Å². The van der Waals surface area contributed by atoms with Gasteiger partial charge in [-0.15, -0.1) is 11.3 Å². The molecule has 64 heavy (non-hydrogen) atoms. The minimum Gasteiger partial charge on any atom is -0.469 e. The van der Waals surface area contributed by atoms with Crippen LogP contribution < -0.4 is 16.4 Å². The fourth-order valence-corrected chi connectivity index (χ4v) is 12.2. The van der Waals surface area contributed by atoms with E-state index >= 15 is 0 Å². The first kappa shape index (κ1) is 39.5. The molecule has 0 saturated heterocycles. The zero-order chi connectivity index (χ0) is 44.4. The van der Waals surface area contributed by atoms with E-state index in [1.54, 1.807) is 0 Å². The van der Waals surface area contributed by atoms with Gasteiger partial charge in [-0.2, -0.15) is 0 Å². The van der Waals surface area contributed by atoms with Gasteiger partial charge in [0.25, 0.3) is 0 Å². The Morgan fingerprint density at radius 1 is 0.594 bits per heavy atom. The summed E-state index contributed by atoms with van der Waals surface area (Å²) in [6, 6.07) is 46.1. The monoisotopic (exact) mass is 849 g/mol. The standard InChI is InChI=1S/C59H54BN2OS/c1-56(2,3)32-20-24-35(25-21-32)61-44-31-43-38(36-16-12-14-18-42(36)59(43,10)11)30-39(44)48-49-37-17-13-15-19-47(37)64-54(49)50-40-28-33(57(4,5)6)22-26-45(40)62-52-41-29-34(58(7,8)9)23-27-46(41)63-55(52)60-51(48)53(50)62/h12-31,61H,1-11H3. The van der Waals surface area contributed by atoms with E-state index in [1.165, 1.54) is 97.5 Å². The second kappa shape index (κ2) is 13.0. The van der Waals surface area contributed by atoms with Gasteiger partial charge in [0.1, 0.15) is 5.58 Å². The predicted octanol–water partition coefficient (Wildman–Crippen LogP) is 15.5. The molecule has 315 valence electrons. The first-order valence-electron chi connectivity index (χ1n) is 22.9. The third-order valence-electron chi connectivity index (χ3n) is 14.5. The average molecular weight is 850 g/mol. The van der Waals surface area contributed by atoms with Gasteiger partial charge in [0, 0.05) is 58.7 Å². The molecular formula is C59H54BN2OS. The lowest BCUT2D eigenvalue weighted by Gasteiger charge is -2.26. The Morgan fingerprint density at radius 2 is 1.25 bits per heavy atom. The summed E-state index contributed by atoms with van der Waals surface area (Å²) in [6.07, 6.45) is 0. The molecule has 0 unspecified atom stereocenters. The molecule has 1 N–H and O–H groups in total. The number of aromatic nitrogens is 1. The molecule has 0 atom stereocenters. The number of hydrogen-bond acceptors (Lipinski definition) is 3. The van der Waals surface area contributed by atoms with E-state index in [1.807, 2.05) is 11.3 Å². The van der Waals surface area contributed by atoms with Crippen molar-refractivity contribution >= 4 is 94.1 Å². The van der Waals surface area contributed by atoms with Crippen LogP contribution in [0.4, 0.5) is 11.4 Å². The molecule has 2 aliphatic rings. The quantitative estimate of drug-likeness (QED) is 0.180. The second-order valence-electron chi connectivity index (χ2n) is 22.1. The number of fused-ring (bicyclic) bond motifs is 14. The summed E-state index contributed by atoms with van der Waals surface area (Å²) in [5.74, 6) is 0. The van der Waals surface area contributed by atoms with Gasteiger partial charge in [-0.05, 0) is 121 Å². The normalized spacial score (nSPS) is 14.4. The van der Waals surface area contributed by atoms with Crippen LogP contribution >= 0.6 is 11.3 Å². The van der Waals surface area contributed by atoms with Crippen molar-refractivity contribution in [2.45, 2.75) is 97.8 Å². The van der Waals surface area contributed by atoms with Gasteiger partial charge in [-0.1, -0.05) is 143 Å². The Balaban J connectivity index is 1.26. The highest BCUT2D eigenvalue weighted by atomic mass is 32.1. The van der Waals surface area contributed by atoms with Crippen LogP contribution in [0.3, 0.4) is 0 Å². The first-order chi connectivity index (χ1) is 30.4. The number of nitrogens with one attached hydrogen (secondary N) is 1. The smallest absolute Gasteiger partial charge is 0.247 e. The fraction of sp³-hybridized carbons (Fsp3) is 0.254. The topological polar surface area (TPSA) is 30.1 Å². The summed E-state index contributed by atoms with van der Waals surface area (Å²) in [6.45, 7) is 25.5. The molecule has 0 saturated carbocycles. The molecule has 4 heterocycles. The van der Waals surface area contributed by atoms with Crippen molar-refractivity contribution in [1.29, 1.82) is 0 Å². The van der Waals surface area contributed by atoms with Crippen molar-refractivity contribution in [1.82, 2.24) is 4.57 Å².